The molecule has 1 aromatic carbocycles. The topological polar surface area (TPSA) is 64.7 Å². The van der Waals surface area contributed by atoms with Gasteiger partial charge in [-0.1, -0.05) is 29.3 Å². The molecule has 2 heterocycles. The number of halogens is 3. The number of hydrogen-bond donors (Lipinski definition) is 1. The molecule has 0 aliphatic heterocycles. The number of anilines is 1. The van der Waals surface area contributed by atoms with Gasteiger partial charge in [-0.25, -0.2) is 4.39 Å². The lowest BCUT2D eigenvalue weighted by Crippen LogP contribution is -2.18. The molecule has 142 valence electrons. The molecule has 0 bridgehead atoms. The number of carbonyl (C=O) groups excluding carboxylic acids is 1. The molecular weight excluding hydrogens is 392 g/mol. The van der Waals surface area contributed by atoms with E-state index in [9.17, 15) is 9.18 Å². The molecule has 9 heteroatoms. The summed E-state index contributed by atoms with van der Waals surface area (Å²) in [5, 5.41) is 11.9. The van der Waals surface area contributed by atoms with E-state index in [0.29, 0.717) is 34.2 Å². The zero-order valence-corrected chi connectivity index (χ0v) is 16.6. The number of aryl methyl sites for hydroxylation is 2. The van der Waals surface area contributed by atoms with E-state index in [1.807, 2.05) is 6.92 Å². The molecule has 0 radical (unpaired) electrons. The van der Waals surface area contributed by atoms with Crippen molar-refractivity contribution in [3.63, 3.8) is 0 Å². The standard InChI is InChI=1S/C18H18Cl2FN5O/c1-4-25-17(14(20)8-22-25)18(27)23-16-10(2)24-26(11(16)3)9-12-13(19)6-5-7-15(12)21/h5-8H,4,9H2,1-3H3,(H,23,27). The van der Waals surface area contributed by atoms with Crippen LogP contribution in [0.15, 0.2) is 24.4 Å². The molecule has 3 rings (SSSR count). The molecule has 1 amide bonds. The molecule has 0 fully saturated rings. The van der Waals surface area contributed by atoms with Crippen molar-refractivity contribution in [2.24, 2.45) is 0 Å². The Hall–Kier alpha value is -2.38. The highest BCUT2D eigenvalue weighted by Crippen LogP contribution is 2.25. The maximum absolute atomic E-state index is 14.1. The van der Waals surface area contributed by atoms with Crippen molar-refractivity contribution in [1.29, 1.82) is 0 Å². The van der Waals surface area contributed by atoms with Gasteiger partial charge in [-0.15, -0.1) is 0 Å². The SMILES string of the molecule is CCn1ncc(Cl)c1C(=O)Nc1c(C)nn(Cc2c(F)cccc2Cl)c1C. The van der Waals surface area contributed by atoms with Gasteiger partial charge in [0.25, 0.3) is 5.91 Å². The molecule has 0 saturated heterocycles. The minimum Gasteiger partial charge on any atom is -0.317 e. The lowest BCUT2D eigenvalue weighted by molar-refractivity contribution is 0.101. The van der Waals surface area contributed by atoms with E-state index in [4.69, 9.17) is 23.2 Å². The minimum atomic E-state index is -0.403. The van der Waals surface area contributed by atoms with E-state index in [1.165, 1.54) is 16.9 Å². The third-order valence-corrected chi connectivity index (χ3v) is 4.93. The first-order chi connectivity index (χ1) is 12.8. The fourth-order valence-electron chi connectivity index (χ4n) is 2.87. The Labute approximate surface area is 165 Å². The van der Waals surface area contributed by atoms with Crippen LogP contribution >= 0.6 is 23.2 Å². The van der Waals surface area contributed by atoms with Crippen molar-refractivity contribution in [2.75, 3.05) is 5.32 Å². The van der Waals surface area contributed by atoms with Gasteiger partial charge in [0, 0.05) is 17.1 Å². The average Bonchev–Trinajstić information content (AvgIpc) is 3.12. The minimum absolute atomic E-state index is 0.154. The molecule has 2 aromatic heterocycles. The van der Waals surface area contributed by atoms with E-state index >= 15 is 0 Å². The second-order valence-electron chi connectivity index (χ2n) is 6.01. The summed E-state index contributed by atoms with van der Waals surface area (Å²) in [4.78, 5) is 12.7. The Bertz CT molecular complexity index is 991. The monoisotopic (exact) mass is 409 g/mol. The van der Waals surface area contributed by atoms with E-state index in [0.717, 1.165) is 0 Å². The van der Waals surface area contributed by atoms with Gasteiger partial charge >= 0.3 is 0 Å². The fourth-order valence-corrected chi connectivity index (χ4v) is 3.32. The summed E-state index contributed by atoms with van der Waals surface area (Å²) in [6, 6.07) is 4.53. The maximum atomic E-state index is 14.1. The van der Waals surface area contributed by atoms with Gasteiger partial charge < -0.3 is 5.32 Å². The second-order valence-corrected chi connectivity index (χ2v) is 6.83. The van der Waals surface area contributed by atoms with Crippen LogP contribution in [0.3, 0.4) is 0 Å². The van der Waals surface area contributed by atoms with Crippen LogP contribution in [0, 0.1) is 19.7 Å². The highest BCUT2D eigenvalue weighted by atomic mass is 35.5. The largest absolute Gasteiger partial charge is 0.317 e. The van der Waals surface area contributed by atoms with Gasteiger partial charge in [0.15, 0.2) is 0 Å². The summed E-state index contributed by atoms with van der Waals surface area (Å²) in [7, 11) is 0. The number of amides is 1. The number of nitrogens with zero attached hydrogens (tertiary/aromatic N) is 4. The van der Waals surface area contributed by atoms with Crippen LogP contribution in [0.5, 0.6) is 0 Å². The van der Waals surface area contributed by atoms with E-state index < -0.39 is 5.82 Å². The van der Waals surface area contributed by atoms with Gasteiger partial charge in [-0.05, 0) is 32.9 Å². The van der Waals surface area contributed by atoms with E-state index in [-0.39, 0.29) is 23.2 Å². The number of benzene rings is 1. The van der Waals surface area contributed by atoms with Crippen molar-refractivity contribution in [3.05, 3.63) is 62.9 Å². The zero-order valence-electron chi connectivity index (χ0n) is 15.1. The van der Waals surface area contributed by atoms with Gasteiger partial charge in [0.2, 0.25) is 0 Å². The Balaban J connectivity index is 1.90. The van der Waals surface area contributed by atoms with Gasteiger partial charge in [-0.3, -0.25) is 14.2 Å². The highest BCUT2D eigenvalue weighted by molar-refractivity contribution is 6.34. The summed E-state index contributed by atoms with van der Waals surface area (Å²) in [5.41, 5.74) is 2.45. The average molecular weight is 410 g/mol. The second kappa shape index (κ2) is 7.70. The summed E-state index contributed by atoms with van der Waals surface area (Å²) in [5.74, 6) is -0.784. The lowest BCUT2D eigenvalue weighted by atomic mass is 10.2. The number of rotatable bonds is 5. The first-order valence-corrected chi connectivity index (χ1v) is 9.08. The van der Waals surface area contributed by atoms with Crippen LogP contribution in [0.25, 0.3) is 0 Å². The summed E-state index contributed by atoms with van der Waals surface area (Å²) >= 11 is 12.2. The summed E-state index contributed by atoms with van der Waals surface area (Å²) in [6.45, 7) is 6.09. The van der Waals surface area contributed by atoms with Crippen LogP contribution in [0.4, 0.5) is 10.1 Å². The fraction of sp³-hybridized carbons (Fsp3) is 0.278. The first kappa shape index (κ1) is 19.4. The maximum Gasteiger partial charge on any atom is 0.275 e. The first-order valence-electron chi connectivity index (χ1n) is 8.33. The smallest absolute Gasteiger partial charge is 0.275 e. The summed E-state index contributed by atoms with van der Waals surface area (Å²) < 4.78 is 17.2. The van der Waals surface area contributed by atoms with E-state index in [2.05, 4.69) is 15.5 Å². The third kappa shape index (κ3) is 3.70. The number of hydrogen-bond acceptors (Lipinski definition) is 3. The highest BCUT2D eigenvalue weighted by Gasteiger charge is 2.21. The molecule has 0 atom stereocenters. The molecule has 0 aliphatic carbocycles. The summed E-state index contributed by atoms with van der Waals surface area (Å²) in [6.07, 6.45) is 1.43. The zero-order chi connectivity index (χ0) is 19.7. The van der Waals surface area contributed by atoms with Crippen LogP contribution in [0.1, 0.15) is 34.4 Å². The Morgan fingerprint density at radius 2 is 1.96 bits per heavy atom. The van der Waals surface area contributed by atoms with Gasteiger partial charge in [0.1, 0.15) is 11.5 Å². The molecular formula is C18H18Cl2FN5O. The molecule has 6 nitrogen and oxygen atoms in total. The van der Waals surface area contributed by atoms with Gasteiger partial charge in [0.05, 0.1) is 34.8 Å². The third-order valence-electron chi connectivity index (χ3n) is 4.30. The molecule has 0 spiro atoms. The molecule has 1 N–H and O–H groups in total. The normalized spacial score (nSPS) is 11.0. The Kier molecular flexibility index (Phi) is 5.53. The van der Waals surface area contributed by atoms with Crippen molar-refractivity contribution in [2.45, 2.75) is 33.9 Å². The van der Waals surface area contributed by atoms with Crippen LogP contribution < -0.4 is 5.32 Å². The van der Waals surface area contributed by atoms with Gasteiger partial charge in [-0.2, -0.15) is 10.2 Å². The van der Waals surface area contributed by atoms with Crippen molar-refractivity contribution in [3.8, 4) is 0 Å². The number of carbonyl (C=O) groups is 1. The Morgan fingerprint density at radius 1 is 1.22 bits per heavy atom. The van der Waals surface area contributed by atoms with Crippen molar-refractivity contribution in [1.82, 2.24) is 19.6 Å². The number of nitrogens with one attached hydrogen (secondary N) is 1. The van der Waals surface area contributed by atoms with E-state index in [1.54, 1.807) is 30.7 Å². The lowest BCUT2D eigenvalue weighted by Gasteiger charge is -2.10. The quantitative estimate of drug-likeness (QED) is 0.676. The van der Waals surface area contributed by atoms with Crippen LogP contribution in [-0.2, 0) is 13.1 Å². The predicted molar refractivity (Wildman–Crippen MR) is 103 cm³/mol. The molecule has 0 unspecified atom stereocenters. The van der Waals surface area contributed by atoms with Crippen LogP contribution in [0.2, 0.25) is 10.0 Å². The van der Waals surface area contributed by atoms with Crippen molar-refractivity contribution >= 4 is 34.8 Å². The molecule has 0 aliphatic rings. The van der Waals surface area contributed by atoms with Crippen molar-refractivity contribution < 1.29 is 9.18 Å². The Morgan fingerprint density at radius 3 is 2.63 bits per heavy atom. The number of aromatic nitrogens is 4. The van der Waals surface area contributed by atoms with Crippen LogP contribution in [-0.4, -0.2) is 25.5 Å². The predicted octanol–water partition coefficient (Wildman–Crippen LogP) is 4.46. The molecule has 27 heavy (non-hydrogen) atoms. The molecule has 0 saturated carbocycles. The molecule has 3 aromatic rings.